The minimum Gasteiger partial charge on any atom is -0.497 e. The summed E-state index contributed by atoms with van der Waals surface area (Å²) in [6, 6.07) is 9.45. The number of ether oxygens (including phenoxy) is 1. The molecule has 0 atom stereocenters. The van der Waals surface area contributed by atoms with E-state index in [9.17, 15) is 4.79 Å². The molecule has 0 aliphatic carbocycles. The number of rotatable bonds is 2. The van der Waals surface area contributed by atoms with Gasteiger partial charge in [-0.2, -0.15) is 0 Å². The van der Waals surface area contributed by atoms with Crippen LogP contribution in [0.25, 0.3) is 5.69 Å². The van der Waals surface area contributed by atoms with E-state index in [4.69, 9.17) is 8.85 Å². The maximum Gasteiger partial charge on any atom is 0.255 e. The van der Waals surface area contributed by atoms with Gasteiger partial charge in [0.1, 0.15) is 5.75 Å². The molecule has 1 aromatic carbocycles. The first kappa shape index (κ1) is 7.28. The number of aryl methyl sites for hydroxylation is 1. The predicted molar refractivity (Wildman–Crippen MR) is 63.3 cm³/mol. The van der Waals surface area contributed by atoms with E-state index in [0.717, 1.165) is 0 Å². The molecule has 16 heavy (non-hydrogen) atoms. The maximum absolute atomic E-state index is 11.8. The number of benzene rings is 1. The second-order valence-electron chi connectivity index (χ2n) is 3.33. The van der Waals surface area contributed by atoms with Gasteiger partial charge in [0.15, 0.2) is 0 Å². The quantitative estimate of drug-likeness (QED) is 0.773. The fourth-order valence-electron chi connectivity index (χ4n) is 1.45. The smallest absolute Gasteiger partial charge is 0.255 e. The summed E-state index contributed by atoms with van der Waals surface area (Å²) in [6.45, 7) is -2.24. The maximum atomic E-state index is 11.8. The minimum absolute atomic E-state index is 0.120. The van der Waals surface area contributed by atoms with Crippen LogP contribution < -0.4 is 10.3 Å². The fraction of sp³-hybridized carbons (Fsp3) is 0.154. The van der Waals surface area contributed by atoms with E-state index in [2.05, 4.69) is 0 Å². The van der Waals surface area contributed by atoms with E-state index < -0.39 is 6.85 Å². The normalized spacial score (nSPS) is 13.7. The van der Waals surface area contributed by atoms with Gasteiger partial charge in [0, 0.05) is 22.4 Å². The van der Waals surface area contributed by atoms with Gasteiger partial charge in [0.25, 0.3) is 5.56 Å². The molecule has 0 N–H and O–H groups in total. The molecule has 3 heteroatoms. The highest BCUT2D eigenvalue weighted by Crippen LogP contribution is 2.15. The topological polar surface area (TPSA) is 31.2 Å². The van der Waals surface area contributed by atoms with Crippen LogP contribution in [0, 0.1) is 6.85 Å². The number of aromatic nitrogens is 1. The Labute approximate surface area is 98.1 Å². The van der Waals surface area contributed by atoms with Crippen molar-refractivity contribution < 1.29 is 8.85 Å². The van der Waals surface area contributed by atoms with Crippen LogP contribution in [0.1, 0.15) is 9.68 Å². The Hall–Kier alpha value is -2.03. The molecule has 0 spiro atoms. The van der Waals surface area contributed by atoms with Crippen LogP contribution in [-0.4, -0.2) is 11.7 Å². The van der Waals surface area contributed by atoms with Crippen LogP contribution >= 0.6 is 0 Å². The molecule has 2 rings (SSSR count). The Morgan fingerprint density at radius 1 is 1.31 bits per heavy atom. The molecule has 0 aliphatic rings. The number of pyridine rings is 1. The van der Waals surface area contributed by atoms with E-state index in [1.165, 1.54) is 30.0 Å². The third kappa shape index (κ3) is 1.98. The zero-order valence-corrected chi connectivity index (χ0v) is 8.81. The number of nitrogens with zero attached hydrogens (tertiary/aromatic N) is 1. The Morgan fingerprint density at radius 2 is 2.19 bits per heavy atom. The van der Waals surface area contributed by atoms with Gasteiger partial charge in [0.2, 0.25) is 0 Å². The molecule has 0 saturated carbocycles. The zero-order valence-electron chi connectivity index (χ0n) is 11.8. The predicted octanol–water partition coefficient (Wildman–Crippen LogP) is 2.15. The highest BCUT2D eigenvalue weighted by atomic mass is 16.5. The monoisotopic (exact) mass is 218 g/mol. The van der Waals surface area contributed by atoms with E-state index in [1.807, 2.05) is 0 Å². The summed E-state index contributed by atoms with van der Waals surface area (Å²) in [5.41, 5.74) is 0.395. The van der Waals surface area contributed by atoms with Crippen LogP contribution in [0.3, 0.4) is 0 Å². The molecule has 0 saturated heterocycles. The van der Waals surface area contributed by atoms with Crippen molar-refractivity contribution in [3.05, 3.63) is 58.5 Å². The minimum atomic E-state index is -2.24. The molecule has 1 heterocycles. The molecule has 1 aromatic heterocycles. The first-order valence-corrected chi connectivity index (χ1v) is 4.79. The molecule has 0 bridgehead atoms. The zero-order chi connectivity index (χ0) is 14.0. The Kier molecular flexibility index (Phi) is 1.92. The van der Waals surface area contributed by atoms with Gasteiger partial charge >= 0.3 is 0 Å². The Morgan fingerprint density at radius 3 is 2.94 bits per heavy atom. The molecular weight excluding hydrogens is 202 g/mol. The average molecular weight is 218 g/mol. The second-order valence-corrected chi connectivity index (χ2v) is 3.33. The van der Waals surface area contributed by atoms with Gasteiger partial charge in [-0.3, -0.25) is 9.36 Å². The van der Waals surface area contributed by atoms with Crippen molar-refractivity contribution in [2.75, 3.05) is 7.11 Å². The lowest BCUT2D eigenvalue weighted by atomic mass is 10.2. The van der Waals surface area contributed by atoms with E-state index in [1.54, 1.807) is 24.3 Å². The van der Waals surface area contributed by atoms with Crippen LogP contribution in [-0.2, 0) is 0 Å². The summed E-state index contributed by atoms with van der Waals surface area (Å²) in [7, 11) is 1.53. The molecule has 0 aliphatic heterocycles. The van der Waals surface area contributed by atoms with Crippen molar-refractivity contribution in [3.8, 4) is 11.4 Å². The number of hydrogen-bond donors (Lipinski definition) is 0. The van der Waals surface area contributed by atoms with E-state index in [0.29, 0.717) is 11.4 Å². The van der Waals surface area contributed by atoms with Crippen LogP contribution in [0.5, 0.6) is 5.75 Å². The molecule has 0 amide bonds. The van der Waals surface area contributed by atoms with E-state index in [-0.39, 0.29) is 11.1 Å². The van der Waals surface area contributed by atoms with Crippen LogP contribution in [0.15, 0.2) is 47.4 Å². The first-order valence-electron chi connectivity index (χ1n) is 6.29. The summed E-state index contributed by atoms with van der Waals surface area (Å²) >= 11 is 0. The lowest BCUT2D eigenvalue weighted by molar-refractivity contribution is 0.414. The standard InChI is InChI=1S/C13H13NO2/c1-10-6-7-13(15)14(9-10)11-4-3-5-12(8-11)16-2/h3-9H,1-2H3/i1D3. The third-order valence-electron chi connectivity index (χ3n) is 2.24. The van der Waals surface area contributed by atoms with Crippen LogP contribution in [0.4, 0.5) is 0 Å². The van der Waals surface area contributed by atoms with Gasteiger partial charge in [-0.05, 0) is 24.5 Å². The lowest BCUT2D eigenvalue weighted by Gasteiger charge is -2.07. The van der Waals surface area contributed by atoms with Crippen LogP contribution in [0.2, 0.25) is 0 Å². The summed E-state index contributed by atoms with van der Waals surface area (Å²) < 4.78 is 28.5. The lowest BCUT2D eigenvalue weighted by Crippen LogP contribution is -2.16. The average Bonchev–Trinajstić information content (AvgIpc) is 2.38. The molecule has 3 nitrogen and oxygen atoms in total. The van der Waals surface area contributed by atoms with Crippen molar-refractivity contribution in [3.63, 3.8) is 0 Å². The van der Waals surface area contributed by atoms with Crippen molar-refractivity contribution in [1.82, 2.24) is 4.57 Å². The van der Waals surface area contributed by atoms with Crippen molar-refractivity contribution >= 4 is 0 Å². The molecular formula is C13H13NO2. The second kappa shape index (κ2) is 4.23. The summed E-state index contributed by atoms with van der Waals surface area (Å²) in [5, 5.41) is 0. The Bertz CT molecular complexity index is 647. The molecule has 0 unspecified atom stereocenters. The SMILES string of the molecule is [2H]C([2H])([2H])c1ccc(=O)n(-c2cccc(OC)c2)c1. The molecule has 0 fully saturated rings. The Balaban J connectivity index is 2.58. The summed E-state index contributed by atoms with van der Waals surface area (Å²) in [6.07, 6.45) is 1.34. The third-order valence-corrected chi connectivity index (χ3v) is 2.24. The first-order chi connectivity index (χ1) is 8.91. The fourth-order valence-corrected chi connectivity index (χ4v) is 1.45. The number of hydrogen-bond acceptors (Lipinski definition) is 2. The highest BCUT2D eigenvalue weighted by Gasteiger charge is 2.00. The van der Waals surface area contributed by atoms with Crippen molar-refractivity contribution in [1.29, 1.82) is 0 Å². The van der Waals surface area contributed by atoms with Gasteiger partial charge in [-0.1, -0.05) is 12.1 Å². The van der Waals surface area contributed by atoms with Gasteiger partial charge < -0.3 is 4.74 Å². The molecule has 0 radical (unpaired) electrons. The van der Waals surface area contributed by atoms with Gasteiger partial charge in [0.05, 0.1) is 12.8 Å². The highest BCUT2D eigenvalue weighted by molar-refractivity contribution is 5.39. The van der Waals surface area contributed by atoms with Gasteiger partial charge in [-0.25, -0.2) is 0 Å². The largest absolute Gasteiger partial charge is 0.497 e. The molecule has 82 valence electrons. The van der Waals surface area contributed by atoms with Gasteiger partial charge in [-0.15, -0.1) is 0 Å². The summed E-state index contributed by atoms with van der Waals surface area (Å²) in [4.78, 5) is 11.8. The van der Waals surface area contributed by atoms with Crippen molar-refractivity contribution in [2.45, 2.75) is 6.85 Å². The molecule has 2 aromatic rings. The van der Waals surface area contributed by atoms with Crippen molar-refractivity contribution in [2.24, 2.45) is 0 Å². The number of methoxy groups -OCH3 is 1. The van der Waals surface area contributed by atoms with E-state index >= 15 is 0 Å². The summed E-state index contributed by atoms with van der Waals surface area (Å²) in [5.74, 6) is 0.601.